The summed E-state index contributed by atoms with van der Waals surface area (Å²) in [6.07, 6.45) is 7.16. The summed E-state index contributed by atoms with van der Waals surface area (Å²) < 4.78 is 21.0. The van der Waals surface area contributed by atoms with E-state index in [-0.39, 0.29) is 25.1 Å². The van der Waals surface area contributed by atoms with E-state index >= 15 is 0 Å². The molecule has 0 atom stereocenters. The molecule has 0 amide bonds. The number of hydrogen-bond donors (Lipinski definition) is 0. The van der Waals surface area contributed by atoms with E-state index in [1.165, 1.54) is 0 Å². The maximum atomic E-state index is 12.2. The molecule has 0 aromatic heterocycles. The highest BCUT2D eigenvalue weighted by Gasteiger charge is 2.15. The zero-order valence-electron chi connectivity index (χ0n) is 15.4. The van der Waals surface area contributed by atoms with Gasteiger partial charge in [-0.25, -0.2) is 4.79 Å². The normalized spacial score (nSPS) is 12.6. The molecular formula is C22H20O6. The van der Waals surface area contributed by atoms with Crippen molar-refractivity contribution in [1.82, 2.24) is 0 Å². The average Bonchev–Trinajstić information content (AvgIpc) is 3.27. The Morgan fingerprint density at radius 2 is 1.43 bits per heavy atom. The predicted octanol–water partition coefficient (Wildman–Crippen LogP) is 3.58. The number of carbonyl (C=O) groups is 2. The highest BCUT2D eigenvalue weighted by Crippen LogP contribution is 2.19. The van der Waals surface area contributed by atoms with E-state index in [0.717, 1.165) is 0 Å². The lowest BCUT2D eigenvalue weighted by Crippen LogP contribution is -2.17. The summed E-state index contributed by atoms with van der Waals surface area (Å²) in [7, 11) is 1.57. The van der Waals surface area contributed by atoms with Crippen LogP contribution in [0.2, 0.25) is 0 Å². The smallest absolute Gasteiger partial charge is 0.343 e. The van der Waals surface area contributed by atoms with Crippen molar-refractivity contribution in [2.24, 2.45) is 5.92 Å². The van der Waals surface area contributed by atoms with Crippen LogP contribution in [0.25, 0.3) is 0 Å². The SMILES string of the molecule is COc1ccc(OC(=O)c2ccc(OCCOC(=O)C3C=CC=C3)cc2)cc1. The summed E-state index contributed by atoms with van der Waals surface area (Å²) in [5, 5.41) is 0. The fraction of sp³-hybridized carbons (Fsp3) is 0.182. The second kappa shape index (κ2) is 9.41. The van der Waals surface area contributed by atoms with Crippen molar-refractivity contribution in [2.45, 2.75) is 0 Å². The van der Waals surface area contributed by atoms with Gasteiger partial charge in [-0.15, -0.1) is 0 Å². The number of rotatable bonds is 8. The summed E-state index contributed by atoms with van der Waals surface area (Å²) in [5.41, 5.74) is 0.398. The molecule has 0 heterocycles. The molecule has 0 unspecified atom stereocenters. The van der Waals surface area contributed by atoms with Crippen molar-refractivity contribution in [2.75, 3.05) is 20.3 Å². The van der Waals surface area contributed by atoms with E-state index in [9.17, 15) is 9.59 Å². The van der Waals surface area contributed by atoms with Crippen LogP contribution in [0, 0.1) is 5.92 Å². The number of methoxy groups -OCH3 is 1. The van der Waals surface area contributed by atoms with E-state index in [1.807, 2.05) is 12.2 Å². The quantitative estimate of drug-likeness (QED) is 0.396. The van der Waals surface area contributed by atoms with Crippen LogP contribution in [0.4, 0.5) is 0 Å². The Balaban J connectivity index is 1.43. The molecule has 0 aliphatic heterocycles. The molecule has 0 fully saturated rings. The Bertz CT molecular complexity index is 853. The molecule has 6 heteroatoms. The van der Waals surface area contributed by atoms with Crippen LogP contribution < -0.4 is 14.2 Å². The summed E-state index contributed by atoms with van der Waals surface area (Å²) in [5.74, 6) is 0.602. The minimum absolute atomic E-state index is 0.151. The predicted molar refractivity (Wildman–Crippen MR) is 103 cm³/mol. The van der Waals surface area contributed by atoms with Gasteiger partial charge in [-0.1, -0.05) is 24.3 Å². The molecule has 3 rings (SSSR count). The van der Waals surface area contributed by atoms with Gasteiger partial charge >= 0.3 is 11.9 Å². The lowest BCUT2D eigenvalue weighted by Gasteiger charge is -2.09. The highest BCUT2D eigenvalue weighted by molar-refractivity contribution is 5.91. The van der Waals surface area contributed by atoms with Crippen LogP contribution in [0.1, 0.15) is 10.4 Å². The molecule has 0 saturated carbocycles. The number of benzene rings is 2. The molecule has 0 bridgehead atoms. The monoisotopic (exact) mass is 380 g/mol. The van der Waals surface area contributed by atoms with Gasteiger partial charge in [0, 0.05) is 0 Å². The number of ether oxygens (including phenoxy) is 4. The summed E-state index contributed by atoms with van der Waals surface area (Å²) >= 11 is 0. The van der Waals surface area contributed by atoms with Crippen molar-refractivity contribution in [1.29, 1.82) is 0 Å². The summed E-state index contributed by atoms with van der Waals surface area (Å²) in [6, 6.07) is 13.3. The van der Waals surface area contributed by atoms with Gasteiger partial charge in [0.1, 0.15) is 30.5 Å². The van der Waals surface area contributed by atoms with Crippen molar-refractivity contribution >= 4 is 11.9 Å². The van der Waals surface area contributed by atoms with Crippen LogP contribution in [0.3, 0.4) is 0 Å². The number of carbonyl (C=O) groups excluding carboxylic acids is 2. The Morgan fingerprint density at radius 1 is 0.821 bits per heavy atom. The number of hydrogen-bond acceptors (Lipinski definition) is 6. The zero-order chi connectivity index (χ0) is 19.8. The van der Waals surface area contributed by atoms with E-state index in [0.29, 0.717) is 22.8 Å². The minimum Gasteiger partial charge on any atom is -0.497 e. The molecule has 28 heavy (non-hydrogen) atoms. The fourth-order valence-corrected chi connectivity index (χ4v) is 2.48. The Labute approximate surface area is 163 Å². The van der Waals surface area contributed by atoms with Gasteiger partial charge in [0.15, 0.2) is 0 Å². The fourth-order valence-electron chi connectivity index (χ4n) is 2.48. The summed E-state index contributed by atoms with van der Waals surface area (Å²) in [6.45, 7) is 0.375. The van der Waals surface area contributed by atoms with Gasteiger partial charge < -0.3 is 18.9 Å². The molecule has 0 radical (unpaired) electrons. The topological polar surface area (TPSA) is 71.1 Å². The van der Waals surface area contributed by atoms with Crippen LogP contribution in [-0.4, -0.2) is 32.3 Å². The van der Waals surface area contributed by atoms with Crippen LogP contribution in [0.15, 0.2) is 72.8 Å². The van der Waals surface area contributed by atoms with Gasteiger partial charge in [-0.3, -0.25) is 4.79 Å². The maximum absolute atomic E-state index is 12.2. The Kier molecular flexibility index (Phi) is 6.46. The molecule has 0 spiro atoms. The second-order valence-corrected chi connectivity index (χ2v) is 5.90. The van der Waals surface area contributed by atoms with Gasteiger partial charge in [0.2, 0.25) is 0 Å². The molecule has 1 aliphatic rings. The third-order valence-electron chi connectivity index (χ3n) is 3.98. The minimum atomic E-state index is -0.469. The van der Waals surface area contributed by atoms with E-state index in [4.69, 9.17) is 18.9 Å². The van der Waals surface area contributed by atoms with Gasteiger partial charge in [0.05, 0.1) is 18.6 Å². The van der Waals surface area contributed by atoms with E-state index in [1.54, 1.807) is 67.8 Å². The van der Waals surface area contributed by atoms with Crippen molar-refractivity contribution in [3.05, 3.63) is 78.4 Å². The van der Waals surface area contributed by atoms with Crippen molar-refractivity contribution in [3.63, 3.8) is 0 Å². The first-order chi connectivity index (χ1) is 13.7. The Hall–Kier alpha value is -3.54. The molecule has 0 N–H and O–H groups in total. The second-order valence-electron chi connectivity index (χ2n) is 5.90. The molecule has 2 aromatic carbocycles. The maximum Gasteiger partial charge on any atom is 0.343 e. The lowest BCUT2D eigenvalue weighted by molar-refractivity contribution is -0.146. The summed E-state index contributed by atoms with van der Waals surface area (Å²) in [4.78, 5) is 23.9. The number of allylic oxidation sites excluding steroid dienone is 2. The molecule has 1 aliphatic carbocycles. The van der Waals surface area contributed by atoms with Crippen molar-refractivity contribution < 1.29 is 28.5 Å². The Morgan fingerprint density at radius 3 is 2.07 bits per heavy atom. The zero-order valence-corrected chi connectivity index (χ0v) is 15.4. The molecule has 144 valence electrons. The van der Waals surface area contributed by atoms with Gasteiger partial charge in [0.25, 0.3) is 0 Å². The van der Waals surface area contributed by atoms with Crippen molar-refractivity contribution in [3.8, 4) is 17.2 Å². The number of esters is 2. The third-order valence-corrected chi connectivity index (χ3v) is 3.98. The molecule has 0 saturated heterocycles. The first kappa shape index (κ1) is 19.2. The van der Waals surface area contributed by atoms with Crippen LogP contribution in [0.5, 0.6) is 17.2 Å². The lowest BCUT2D eigenvalue weighted by atomic mass is 10.2. The highest BCUT2D eigenvalue weighted by atomic mass is 16.6. The van der Waals surface area contributed by atoms with Crippen LogP contribution >= 0.6 is 0 Å². The molecule has 6 nitrogen and oxygen atoms in total. The van der Waals surface area contributed by atoms with Gasteiger partial charge in [-0.2, -0.15) is 0 Å². The largest absolute Gasteiger partial charge is 0.497 e. The third kappa shape index (κ3) is 5.23. The van der Waals surface area contributed by atoms with E-state index in [2.05, 4.69) is 0 Å². The molecular weight excluding hydrogens is 360 g/mol. The average molecular weight is 380 g/mol. The first-order valence-electron chi connectivity index (χ1n) is 8.76. The first-order valence-corrected chi connectivity index (χ1v) is 8.76. The van der Waals surface area contributed by atoms with Gasteiger partial charge in [-0.05, 0) is 48.5 Å². The standard InChI is InChI=1S/C22H20O6/c1-25-18-10-12-20(13-11-18)28-22(24)17-6-8-19(9-7-17)26-14-15-27-21(23)16-4-2-3-5-16/h2-13,16H,14-15H2,1H3. The molecule has 2 aromatic rings. The van der Waals surface area contributed by atoms with Crippen LogP contribution in [-0.2, 0) is 9.53 Å². The van der Waals surface area contributed by atoms with E-state index < -0.39 is 5.97 Å².